The predicted octanol–water partition coefficient (Wildman–Crippen LogP) is 24.7. The van der Waals surface area contributed by atoms with Gasteiger partial charge in [0, 0.05) is 19.3 Å². The van der Waals surface area contributed by atoms with Crippen molar-refractivity contribution < 1.29 is 28.6 Å². The third kappa shape index (κ3) is 67.8. The first-order valence-electron chi connectivity index (χ1n) is 35.8. The highest BCUT2D eigenvalue weighted by Gasteiger charge is 2.19. The summed E-state index contributed by atoms with van der Waals surface area (Å²) in [4.78, 5) is 38.4. The van der Waals surface area contributed by atoms with Gasteiger partial charge in [0.15, 0.2) is 6.10 Å². The summed E-state index contributed by atoms with van der Waals surface area (Å²) < 4.78 is 17.0. The standard InChI is InChI=1S/C75H136O6/c1-4-7-10-13-16-19-22-25-27-29-31-33-35-36-37-38-40-41-43-45-47-50-53-56-59-62-65-68-74(77)80-71-72(70-79-73(76)67-64-61-58-55-52-49-24-21-18-15-12-9-6-3)81-75(78)69-66-63-60-57-54-51-48-46-44-42-39-34-32-30-28-26-23-20-17-14-11-8-5-2/h7,10,16,19,25,27,30-33,72H,4-6,8-9,11-15,17-18,20-24,26,28-29,34-71H2,1-3H3/b10-7-,19-16-,27-25-,32-30-,33-31-. The Morgan fingerprint density at radius 3 is 0.765 bits per heavy atom. The summed E-state index contributed by atoms with van der Waals surface area (Å²) in [7, 11) is 0. The SMILES string of the molecule is CC/C=C\C/C=C\C/C=C\C/C=C\CCCCCCCCCCCCCCCCC(=O)OCC(COC(=O)CCCCCCCCCCCCCCC)OC(=O)CCCCCCCCCCCCC/C=C\CCCCCCCCCC. The van der Waals surface area contributed by atoms with Crippen molar-refractivity contribution in [3.63, 3.8) is 0 Å². The summed E-state index contributed by atoms with van der Waals surface area (Å²) in [6.45, 7) is 6.59. The Bertz CT molecular complexity index is 1440. The van der Waals surface area contributed by atoms with Gasteiger partial charge in [-0.05, 0) is 83.5 Å². The zero-order valence-electron chi connectivity index (χ0n) is 54.3. The van der Waals surface area contributed by atoms with Crippen molar-refractivity contribution in [2.75, 3.05) is 13.2 Å². The van der Waals surface area contributed by atoms with Crippen LogP contribution in [0.5, 0.6) is 0 Å². The zero-order chi connectivity index (χ0) is 58.5. The van der Waals surface area contributed by atoms with Crippen molar-refractivity contribution >= 4 is 17.9 Å². The number of carbonyl (C=O) groups excluding carboxylic acids is 3. The Balaban J connectivity index is 4.23. The summed E-state index contributed by atoms with van der Waals surface area (Å²) in [5.74, 6) is -0.845. The highest BCUT2D eigenvalue weighted by Crippen LogP contribution is 2.18. The minimum atomic E-state index is -0.773. The maximum atomic E-state index is 13.0. The van der Waals surface area contributed by atoms with E-state index in [-0.39, 0.29) is 31.1 Å². The molecule has 472 valence electrons. The number of ether oxygens (including phenoxy) is 3. The fraction of sp³-hybridized carbons (Fsp3) is 0.827. The molecule has 0 fully saturated rings. The molecule has 0 aromatic carbocycles. The zero-order valence-corrected chi connectivity index (χ0v) is 54.3. The first-order chi connectivity index (χ1) is 40.0. The molecule has 0 rings (SSSR count). The molecular formula is C75H136O6. The molecule has 0 radical (unpaired) electrons. The van der Waals surface area contributed by atoms with Gasteiger partial charge < -0.3 is 14.2 Å². The van der Waals surface area contributed by atoms with Gasteiger partial charge in [-0.15, -0.1) is 0 Å². The molecule has 0 N–H and O–H groups in total. The molecule has 0 saturated carbocycles. The van der Waals surface area contributed by atoms with E-state index in [9.17, 15) is 14.4 Å². The van der Waals surface area contributed by atoms with Crippen LogP contribution < -0.4 is 0 Å². The third-order valence-electron chi connectivity index (χ3n) is 16.0. The van der Waals surface area contributed by atoms with Crippen LogP contribution in [0.4, 0.5) is 0 Å². The van der Waals surface area contributed by atoms with Crippen LogP contribution in [-0.4, -0.2) is 37.2 Å². The lowest BCUT2D eigenvalue weighted by molar-refractivity contribution is -0.167. The van der Waals surface area contributed by atoms with E-state index >= 15 is 0 Å². The molecule has 0 saturated heterocycles. The van der Waals surface area contributed by atoms with Crippen molar-refractivity contribution in [2.24, 2.45) is 0 Å². The van der Waals surface area contributed by atoms with Crippen molar-refractivity contribution in [1.29, 1.82) is 0 Å². The summed E-state index contributed by atoms with van der Waals surface area (Å²) in [6, 6.07) is 0. The van der Waals surface area contributed by atoms with Gasteiger partial charge in [-0.25, -0.2) is 0 Å². The highest BCUT2D eigenvalue weighted by atomic mass is 16.6. The molecule has 1 unspecified atom stereocenters. The second-order valence-corrected chi connectivity index (χ2v) is 24.1. The number of hydrogen-bond acceptors (Lipinski definition) is 6. The van der Waals surface area contributed by atoms with Crippen LogP contribution in [0, 0.1) is 0 Å². The van der Waals surface area contributed by atoms with E-state index in [4.69, 9.17) is 14.2 Å². The molecule has 0 aliphatic heterocycles. The average molecular weight is 1130 g/mol. The molecule has 81 heavy (non-hydrogen) atoms. The number of allylic oxidation sites excluding steroid dienone is 10. The smallest absolute Gasteiger partial charge is 0.306 e. The topological polar surface area (TPSA) is 78.9 Å². The minimum absolute atomic E-state index is 0.0689. The summed E-state index contributed by atoms with van der Waals surface area (Å²) in [5.41, 5.74) is 0. The van der Waals surface area contributed by atoms with Gasteiger partial charge in [0.05, 0.1) is 0 Å². The van der Waals surface area contributed by atoms with Crippen molar-refractivity contribution in [3.05, 3.63) is 60.8 Å². The van der Waals surface area contributed by atoms with Gasteiger partial charge in [0.25, 0.3) is 0 Å². The van der Waals surface area contributed by atoms with Gasteiger partial charge in [0.2, 0.25) is 0 Å². The van der Waals surface area contributed by atoms with Gasteiger partial charge in [-0.3, -0.25) is 14.4 Å². The minimum Gasteiger partial charge on any atom is -0.462 e. The molecule has 6 heteroatoms. The highest BCUT2D eigenvalue weighted by molar-refractivity contribution is 5.71. The quantitative estimate of drug-likeness (QED) is 0.0261. The summed E-state index contributed by atoms with van der Waals surface area (Å²) >= 11 is 0. The monoisotopic (exact) mass is 1130 g/mol. The van der Waals surface area contributed by atoms with Crippen LogP contribution in [0.15, 0.2) is 60.8 Å². The van der Waals surface area contributed by atoms with Gasteiger partial charge >= 0.3 is 17.9 Å². The van der Waals surface area contributed by atoms with E-state index in [2.05, 4.69) is 81.5 Å². The summed E-state index contributed by atoms with van der Waals surface area (Å²) in [6.07, 6.45) is 89.6. The second kappa shape index (κ2) is 69.6. The van der Waals surface area contributed by atoms with Crippen molar-refractivity contribution in [2.45, 2.75) is 386 Å². The number of rotatable bonds is 66. The molecule has 0 aromatic heterocycles. The Labute approximate surface area is 504 Å². The first kappa shape index (κ1) is 78.1. The lowest BCUT2D eigenvalue weighted by Gasteiger charge is -2.18. The first-order valence-corrected chi connectivity index (χ1v) is 35.8. The molecular weight excluding hydrogens is 997 g/mol. The third-order valence-corrected chi connectivity index (χ3v) is 16.0. The fourth-order valence-electron chi connectivity index (χ4n) is 10.7. The van der Waals surface area contributed by atoms with Crippen LogP contribution in [0.25, 0.3) is 0 Å². The number of esters is 3. The van der Waals surface area contributed by atoms with Crippen LogP contribution in [0.1, 0.15) is 380 Å². The molecule has 0 aliphatic rings. The van der Waals surface area contributed by atoms with E-state index < -0.39 is 6.10 Å². The second-order valence-electron chi connectivity index (χ2n) is 24.1. The molecule has 0 aliphatic carbocycles. The fourth-order valence-corrected chi connectivity index (χ4v) is 10.7. The maximum absolute atomic E-state index is 13.0. The molecule has 0 bridgehead atoms. The Morgan fingerprint density at radius 1 is 0.259 bits per heavy atom. The van der Waals surface area contributed by atoms with Crippen LogP contribution >= 0.6 is 0 Å². The van der Waals surface area contributed by atoms with E-state index in [0.29, 0.717) is 19.3 Å². The van der Waals surface area contributed by atoms with E-state index in [0.717, 1.165) is 83.5 Å². The summed E-state index contributed by atoms with van der Waals surface area (Å²) in [5, 5.41) is 0. The Morgan fingerprint density at radius 2 is 0.481 bits per heavy atom. The van der Waals surface area contributed by atoms with Crippen LogP contribution in [0.3, 0.4) is 0 Å². The molecule has 6 nitrogen and oxygen atoms in total. The van der Waals surface area contributed by atoms with E-state index in [1.807, 2.05) is 0 Å². The van der Waals surface area contributed by atoms with Crippen molar-refractivity contribution in [1.82, 2.24) is 0 Å². The Kier molecular flexibility index (Phi) is 67.1. The lowest BCUT2D eigenvalue weighted by atomic mass is 10.0. The number of unbranched alkanes of at least 4 members (excludes halogenated alkanes) is 45. The largest absolute Gasteiger partial charge is 0.462 e. The molecule has 0 amide bonds. The van der Waals surface area contributed by atoms with Crippen LogP contribution in [0.2, 0.25) is 0 Å². The lowest BCUT2D eigenvalue weighted by Crippen LogP contribution is -2.30. The van der Waals surface area contributed by atoms with Crippen LogP contribution in [-0.2, 0) is 28.6 Å². The normalized spacial score (nSPS) is 12.4. The predicted molar refractivity (Wildman–Crippen MR) is 353 cm³/mol. The maximum Gasteiger partial charge on any atom is 0.306 e. The molecule has 1 atom stereocenters. The Hall–Kier alpha value is -2.89. The average Bonchev–Trinajstić information content (AvgIpc) is 3.46. The molecule has 0 heterocycles. The number of carbonyl (C=O) groups is 3. The van der Waals surface area contributed by atoms with Crippen molar-refractivity contribution in [3.8, 4) is 0 Å². The number of hydrogen-bond donors (Lipinski definition) is 0. The van der Waals surface area contributed by atoms with E-state index in [1.54, 1.807) is 0 Å². The van der Waals surface area contributed by atoms with Gasteiger partial charge in [0.1, 0.15) is 13.2 Å². The van der Waals surface area contributed by atoms with E-state index in [1.165, 1.54) is 257 Å². The van der Waals surface area contributed by atoms with Gasteiger partial charge in [-0.2, -0.15) is 0 Å². The molecule has 0 spiro atoms. The molecule has 0 aromatic rings. The van der Waals surface area contributed by atoms with Gasteiger partial charge in [-0.1, -0.05) is 338 Å².